The van der Waals surface area contributed by atoms with Crippen molar-refractivity contribution < 1.29 is 0 Å². The fraction of sp³-hybridized carbons (Fsp3) is 0.0444. The van der Waals surface area contributed by atoms with Crippen molar-refractivity contribution in [1.29, 1.82) is 0 Å². The van der Waals surface area contributed by atoms with Crippen LogP contribution in [-0.2, 0) is 0 Å². The lowest BCUT2D eigenvalue weighted by Crippen LogP contribution is -2.02. The maximum Gasteiger partial charge on any atom is 0.164 e. The zero-order valence-corrected chi connectivity index (χ0v) is 29.5. The molecule has 256 valence electrons. The van der Waals surface area contributed by atoms with E-state index < -0.39 is 0 Å². The fourth-order valence-electron chi connectivity index (χ4n) is 6.42. The zero-order valence-electron chi connectivity index (χ0n) is 29.5. The van der Waals surface area contributed by atoms with Crippen molar-refractivity contribution in [3.63, 3.8) is 0 Å². The predicted molar refractivity (Wildman–Crippen MR) is 212 cm³/mol. The molecule has 54 heavy (non-hydrogen) atoms. The first-order valence-electron chi connectivity index (χ1n) is 17.6. The van der Waals surface area contributed by atoms with Crippen molar-refractivity contribution in [1.82, 2.24) is 44.9 Å². The lowest BCUT2D eigenvalue weighted by molar-refractivity contribution is 0.928. The Kier molecular flexibility index (Phi) is 8.41. The third-order valence-corrected chi connectivity index (χ3v) is 8.99. The van der Waals surface area contributed by atoms with Gasteiger partial charge >= 0.3 is 0 Å². The number of nitrogens with zero attached hydrogens (tertiary/aromatic N) is 9. The summed E-state index contributed by atoms with van der Waals surface area (Å²) in [6, 6.07) is 50.3. The first-order chi connectivity index (χ1) is 26.5. The Morgan fingerprint density at radius 1 is 0.278 bits per heavy atom. The van der Waals surface area contributed by atoms with Gasteiger partial charge < -0.3 is 0 Å². The van der Waals surface area contributed by atoms with Crippen molar-refractivity contribution >= 4 is 10.8 Å². The van der Waals surface area contributed by atoms with Crippen molar-refractivity contribution in [2.45, 2.75) is 13.8 Å². The van der Waals surface area contributed by atoms with Crippen molar-refractivity contribution in [2.24, 2.45) is 0 Å². The number of hydrogen-bond donors (Lipinski definition) is 0. The van der Waals surface area contributed by atoms with Crippen LogP contribution in [-0.4, -0.2) is 44.9 Å². The van der Waals surface area contributed by atoms with Gasteiger partial charge in [-0.1, -0.05) is 140 Å². The van der Waals surface area contributed by atoms with Gasteiger partial charge in [-0.2, -0.15) is 0 Å². The van der Waals surface area contributed by atoms with Crippen LogP contribution in [0.25, 0.3) is 90.5 Å². The maximum absolute atomic E-state index is 5.13. The minimum absolute atomic E-state index is 0.533. The summed E-state index contributed by atoms with van der Waals surface area (Å²) in [6.07, 6.45) is 0. The summed E-state index contributed by atoms with van der Waals surface area (Å²) in [5, 5.41) is 2.00. The highest BCUT2D eigenvalue weighted by atomic mass is 15.0. The van der Waals surface area contributed by atoms with E-state index in [4.69, 9.17) is 29.9 Å². The maximum atomic E-state index is 5.13. The topological polar surface area (TPSA) is 116 Å². The summed E-state index contributed by atoms with van der Waals surface area (Å²) in [7, 11) is 0. The Hall–Kier alpha value is -7.39. The molecule has 9 nitrogen and oxygen atoms in total. The van der Waals surface area contributed by atoms with Crippen LogP contribution in [0.2, 0.25) is 0 Å². The Bertz CT molecular complexity index is 2700. The van der Waals surface area contributed by atoms with Crippen LogP contribution in [0.15, 0.2) is 152 Å². The largest absolute Gasteiger partial charge is 0.219 e. The van der Waals surface area contributed by atoms with Crippen LogP contribution in [0.4, 0.5) is 0 Å². The van der Waals surface area contributed by atoms with Gasteiger partial charge in [0.15, 0.2) is 40.8 Å². The molecule has 9 aromatic rings. The molecule has 3 heterocycles. The van der Waals surface area contributed by atoms with E-state index in [2.05, 4.69) is 39.2 Å². The quantitative estimate of drug-likeness (QED) is 0.160. The average Bonchev–Trinajstić information content (AvgIpc) is 3.23. The molecule has 0 spiro atoms. The van der Waals surface area contributed by atoms with Gasteiger partial charge in [-0.15, -0.1) is 0 Å². The Labute approximate surface area is 311 Å². The summed E-state index contributed by atoms with van der Waals surface area (Å²) in [4.78, 5) is 43.6. The van der Waals surface area contributed by atoms with Crippen LogP contribution in [0.3, 0.4) is 0 Å². The van der Waals surface area contributed by atoms with Crippen LogP contribution in [0.1, 0.15) is 11.6 Å². The SMILES string of the molecule is Cc1nc(C)nc(-c2ccc(-c3nc(-c4ccccc4)nc(-c4cc(-c5nc(-c6ccccc6)nc(-c6ccccc6)n5)cc5ccccc45)n3)cc2)n1. The molecule has 0 saturated carbocycles. The number of aryl methyl sites for hydroxylation is 2. The van der Waals surface area contributed by atoms with Gasteiger partial charge in [-0.05, 0) is 36.8 Å². The van der Waals surface area contributed by atoms with Crippen molar-refractivity contribution in [2.75, 3.05) is 0 Å². The molecule has 0 atom stereocenters. The third kappa shape index (κ3) is 6.57. The minimum atomic E-state index is 0.533. The summed E-state index contributed by atoms with van der Waals surface area (Å²) in [6.45, 7) is 3.74. The molecule has 0 bridgehead atoms. The van der Waals surface area contributed by atoms with E-state index in [-0.39, 0.29) is 0 Å². The summed E-state index contributed by atoms with van der Waals surface area (Å²) in [5.41, 5.74) is 6.05. The molecule has 0 amide bonds. The Balaban J connectivity index is 1.23. The Morgan fingerprint density at radius 2 is 0.630 bits per heavy atom. The molecule has 3 aromatic heterocycles. The molecular weight excluding hydrogens is 667 g/mol. The van der Waals surface area contributed by atoms with E-state index in [1.165, 1.54) is 0 Å². The highest BCUT2D eigenvalue weighted by Crippen LogP contribution is 2.35. The molecule has 0 radical (unpaired) electrons. The minimum Gasteiger partial charge on any atom is -0.219 e. The molecule has 9 rings (SSSR count). The Morgan fingerprint density at radius 3 is 1.09 bits per heavy atom. The lowest BCUT2D eigenvalue weighted by Gasteiger charge is -2.13. The van der Waals surface area contributed by atoms with E-state index in [1.807, 2.05) is 141 Å². The van der Waals surface area contributed by atoms with Gasteiger partial charge in [0.2, 0.25) is 0 Å². The van der Waals surface area contributed by atoms with Gasteiger partial charge in [-0.3, -0.25) is 0 Å². The van der Waals surface area contributed by atoms with Crippen LogP contribution < -0.4 is 0 Å². The van der Waals surface area contributed by atoms with E-state index in [0.717, 1.165) is 49.7 Å². The molecule has 0 aliphatic heterocycles. The predicted octanol–water partition coefficient (Wildman–Crippen LogP) is 9.68. The highest BCUT2D eigenvalue weighted by molar-refractivity contribution is 5.98. The molecule has 0 aliphatic rings. The molecule has 0 aliphatic carbocycles. The summed E-state index contributed by atoms with van der Waals surface area (Å²) >= 11 is 0. The fourth-order valence-corrected chi connectivity index (χ4v) is 6.42. The van der Waals surface area contributed by atoms with Gasteiger partial charge in [0.05, 0.1) is 0 Å². The lowest BCUT2D eigenvalue weighted by atomic mass is 9.99. The number of fused-ring (bicyclic) bond motifs is 1. The average molecular weight is 698 g/mol. The van der Waals surface area contributed by atoms with Crippen LogP contribution in [0, 0.1) is 13.8 Å². The third-order valence-electron chi connectivity index (χ3n) is 8.99. The van der Waals surface area contributed by atoms with E-state index in [0.29, 0.717) is 52.4 Å². The van der Waals surface area contributed by atoms with E-state index >= 15 is 0 Å². The number of rotatable bonds is 7. The number of aromatic nitrogens is 9. The van der Waals surface area contributed by atoms with Gasteiger partial charge in [0, 0.05) is 38.9 Å². The van der Waals surface area contributed by atoms with E-state index in [9.17, 15) is 0 Å². The van der Waals surface area contributed by atoms with E-state index in [1.54, 1.807) is 0 Å². The van der Waals surface area contributed by atoms with Crippen molar-refractivity contribution in [3.8, 4) is 79.7 Å². The normalized spacial score (nSPS) is 11.1. The van der Waals surface area contributed by atoms with Gasteiger partial charge in [0.25, 0.3) is 0 Å². The molecular formula is C45H31N9. The van der Waals surface area contributed by atoms with Gasteiger partial charge in [-0.25, -0.2) is 44.9 Å². The smallest absolute Gasteiger partial charge is 0.164 e. The number of benzene rings is 6. The summed E-state index contributed by atoms with van der Waals surface area (Å²) in [5.74, 6) is 5.35. The highest BCUT2D eigenvalue weighted by Gasteiger charge is 2.18. The first kappa shape index (κ1) is 32.5. The first-order valence-corrected chi connectivity index (χ1v) is 17.6. The number of hydrogen-bond acceptors (Lipinski definition) is 9. The molecule has 0 unspecified atom stereocenters. The molecule has 0 fully saturated rings. The second-order valence-electron chi connectivity index (χ2n) is 12.8. The van der Waals surface area contributed by atoms with Crippen LogP contribution >= 0.6 is 0 Å². The monoisotopic (exact) mass is 697 g/mol. The van der Waals surface area contributed by atoms with Crippen LogP contribution in [0.5, 0.6) is 0 Å². The standard InChI is InChI=1S/C45H31N9/c1-28-46-29(2)48-39(47-28)33-22-24-34(25-23-33)43-50-42(32-18-10-5-11-19-32)53-45(54-43)38-27-36(26-35-20-12-13-21-37(35)38)44-51-40(30-14-6-3-7-15-30)49-41(52-44)31-16-8-4-9-17-31/h3-27H,1-2H3. The zero-order chi connectivity index (χ0) is 36.4. The second-order valence-corrected chi connectivity index (χ2v) is 12.8. The molecule has 0 N–H and O–H groups in total. The molecule has 6 aromatic carbocycles. The van der Waals surface area contributed by atoms with Crippen molar-refractivity contribution in [3.05, 3.63) is 163 Å². The molecule has 0 saturated heterocycles. The second kappa shape index (κ2) is 14.0. The summed E-state index contributed by atoms with van der Waals surface area (Å²) < 4.78 is 0. The van der Waals surface area contributed by atoms with Gasteiger partial charge in [0.1, 0.15) is 11.6 Å². The molecule has 9 heteroatoms.